The minimum absolute atomic E-state index is 0.0129. The number of amides is 4. The van der Waals surface area contributed by atoms with E-state index in [4.69, 9.17) is 11.5 Å². The molecule has 1 rings (SSSR count). The topological polar surface area (TPSA) is 214 Å². The lowest BCUT2D eigenvalue weighted by atomic mass is 10.0. The van der Waals surface area contributed by atoms with Gasteiger partial charge in [0.05, 0.1) is 12.6 Å². The summed E-state index contributed by atoms with van der Waals surface area (Å²) in [5, 5.41) is 25.7. The Hall–Kier alpha value is -3.67. The van der Waals surface area contributed by atoms with Crippen LogP contribution in [0.2, 0.25) is 0 Å². The summed E-state index contributed by atoms with van der Waals surface area (Å²) in [6, 6.07) is 2.79. The number of hydrogen-bond donors (Lipinski definition) is 7. The number of carbonyl (C=O) groups excluding carboxylic acids is 4. The highest BCUT2D eigenvalue weighted by molar-refractivity contribution is 5.92. The van der Waals surface area contributed by atoms with Gasteiger partial charge in [0.2, 0.25) is 23.6 Å². The molecule has 0 spiro atoms. The lowest BCUT2D eigenvalue weighted by molar-refractivity contribution is -0.142. The van der Waals surface area contributed by atoms with Crippen LogP contribution in [0.1, 0.15) is 38.7 Å². The van der Waals surface area contributed by atoms with Crippen LogP contribution in [0.4, 0.5) is 0 Å². The number of rotatable bonds is 14. The Morgan fingerprint density at radius 1 is 0.971 bits per heavy atom. The van der Waals surface area contributed by atoms with Crippen molar-refractivity contribution in [3.05, 3.63) is 29.8 Å². The van der Waals surface area contributed by atoms with Gasteiger partial charge >= 0.3 is 5.97 Å². The second-order valence-electron chi connectivity index (χ2n) is 8.35. The Labute approximate surface area is 197 Å². The maximum absolute atomic E-state index is 12.6. The van der Waals surface area contributed by atoms with Crippen LogP contribution < -0.4 is 27.4 Å². The highest BCUT2D eigenvalue weighted by Crippen LogP contribution is 2.11. The van der Waals surface area contributed by atoms with E-state index in [-0.39, 0.29) is 37.4 Å². The minimum atomic E-state index is -1.23. The number of nitrogens with one attached hydrogen (secondary N) is 3. The Balaban J connectivity index is 2.68. The van der Waals surface area contributed by atoms with Gasteiger partial charge in [0.25, 0.3) is 0 Å². The zero-order chi connectivity index (χ0) is 25.8. The van der Waals surface area contributed by atoms with Gasteiger partial charge in [0, 0.05) is 6.42 Å². The molecule has 9 N–H and O–H groups in total. The largest absolute Gasteiger partial charge is 0.508 e. The maximum Gasteiger partial charge on any atom is 0.326 e. The van der Waals surface area contributed by atoms with Gasteiger partial charge < -0.3 is 37.6 Å². The molecule has 0 fully saturated rings. The molecule has 0 aliphatic heterocycles. The number of phenolic OH excluding ortho intramolecular Hbond substituents is 1. The number of benzene rings is 1. The van der Waals surface area contributed by atoms with Gasteiger partial charge in [-0.1, -0.05) is 26.0 Å². The van der Waals surface area contributed by atoms with Gasteiger partial charge in [-0.15, -0.1) is 0 Å². The number of primary amides is 1. The molecule has 0 saturated carbocycles. The molecule has 34 heavy (non-hydrogen) atoms. The molecule has 12 nitrogen and oxygen atoms in total. The van der Waals surface area contributed by atoms with Crippen LogP contribution in [-0.4, -0.2) is 64.5 Å². The Bertz CT molecular complexity index is 873. The van der Waals surface area contributed by atoms with Crippen molar-refractivity contribution in [2.24, 2.45) is 17.4 Å². The molecular formula is C22H33N5O7. The normalized spacial score (nSPS) is 13.4. The summed E-state index contributed by atoms with van der Waals surface area (Å²) in [7, 11) is 0. The van der Waals surface area contributed by atoms with E-state index in [2.05, 4.69) is 16.0 Å². The minimum Gasteiger partial charge on any atom is -0.508 e. The number of hydrogen-bond acceptors (Lipinski definition) is 7. The van der Waals surface area contributed by atoms with Crippen molar-refractivity contribution in [1.29, 1.82) is 0 Å². The fraction of sp³-hybridized carbons (Fsp3) is 0.500. The molecule has 0 aromatic heterocycles. The van der Waals surface area contributed by atoms with Gasteiger partial charge in [-0.3, -0.25) is 19.2 Å². The standard InChI is InChI=1S/C22H33N5O7/c1-12(2)9-17(22(33)34)27-21(32)16(7-8-18(24)29)26-19(30)11-25-20(31)15(23)10-13-3-5-14(28)6-4-13/h3-6,12,15-17,28H,7-11,23H2,1-2H3,(H2,24,29)(H,25,31)(H,26,30)(H,27,32)(H,33,34). The third kappa shape index (κ3) is 10.8. The van der Waals surface area contributed by atoms with E-state index in [1.165, 1.54) is 12.1 Å². The van der Waals surface area contributed by atoms with Gasteiger partial charge in [0.1, 0.15) is 17.8 Å². The van der Waals surface area contributed by atoms with E-state index >= 15 is 0 Å². The number of aliphatic carboxylic acids is 1. The lowest BCUT2D eigenvalue weighted by Gasteiger charge is -2.22. The third-order valence-electron chi connectivity index (χ3n) is 4.80. The average Bonchev–Trinajstić information content (AvgIpc) is 2.75. The first-order chi connectivity index (χ1) is 15.9. The van der Waals surface area contributed by atoms with Gasteiger partial charge in [-0.05, 0) is 42.9 Å². The predicted molar refractivity (Wildman–Crippen MR) is 122 cm³/mol. The summed E-state index contributed by atoms with van der Waals surface area (Å²) in [6.45, 7) is 3.10. The van der Waals surface area contributed by atoms with E-state index < -0.39 is 54.3 Å². The van der Waals surface area contributed by atoms with Gasteiger partial charge in [-0.2, -0.15) is 0 Å². The fourth-order valence-electron chi connectivity index (χ4n) is 3.04. The molecule has 12 heteroatoms. The van der Waals surface area contributed by atoms with Crippen LogP contribution in [0.5, 0.6) is 5.75 Å². The maximum atomic E-state index is 12.6. The van der Waals surface area contributed by atoms with Crippen LogP contribution in [-0.2, 0) is 30.4 Å². The second kappa shape index (κ2) is 13.8. The monoisotopic (exact) mass is 479 g/mol. The summed E-state index contributed by atoms with van der Waals surface area (Å²) in [4.78, 5) is 59.7. The Morgan fingerprint density at radius 2 is 1.59 bits per heavy atom. The van der Waals surface area contributed by atoms with E-state index in [1.807, 2.05) is 0 Å². The molecule has 0 saturated heterocycles. The van der Waals surface area contributed by atoms with E-state index in [9.17, 15) is 34.2 Å². The van der Waals surface area contributed by atoms with Crippen LogP contribution in [0.25, 0.3) is 0 Å². The van der Waals surface area contributed by atoms with Gasteiger partial charge in [0.15, 0.2) is 0 Å². The number of carboxylic acid groups (broad SMARTS) is 1. The number of phenols is 1. The van der Waals surface area contributed by atoms with Gasteiger partial charge in [-0.25, -0.2) is 4.79 Å². The van der Waals surface area contributed by atoms with E-state index in [1.54, 1.807) is 26.0 Å². The Morgan fingerprint density at radius 3 is 2.12 bits per heavy atom. The SMILES string of the molecule is CC(C)CC(NC(=O)C(CCC(N)=O)NC(=O)CNC(=O)C(N)Cc1ccc(O)cc1)C(=O)O. The zero-order valence-electron chi connectivity index (χ0n) is 19.2. The summed E-state index contributed by atoms with van der Waals surface area (Å²) >= 11 is 0. The van der Waals surface area contributed by atoms with Crippen molar-refractivity contribution in [2.75, 3.05) is 6.54 Å². The molecular weight excluding hydrogens is 446 g/mol. The molecule has 0 bridgehead atoms. The first-order valence-corrected chi connectivity index (χ1v) is 10.8. The van der Waals surface area contributed by atoms with Crippen LogP contribution in [0.3, 0.4) is 0 Å². The average molecular weight is 480 g/mol. The summed E-state index contributed by atoms with van der Waals surface area (Å²) in [5.74, 6) is -3.98. The fourth-order valence-corrected chi connectivity index (χ4v) is 3.04. The quantitative estimate of drug-likeness (QED) is 0.171. The second-order valence-corrected chi connectivity index (χ2v) is 8.35. The van der Waals surface area contributed by atoms with Crippen molar-refractivity contribution in [3.8, 4) is 5.75 Å². The molecule has 3 atom stereocenters. The number of nitrogens with two attached hydrogens (primary N) is 2. The van der Waals surface area contributed by atoms with Crippen molar-refractivity contribution in [1.82, 2.24) is 16.0 Å². The highest BCUT2D eigenvalue weighted by Gasteiger charge is 2.27. The molecule has 3 unspecified atom stereocenters. The summed E-state index contributed by atoms with van der Waals surface area (Å²) in [5.41, 5.74) is 11.7. The first kappa shape index (κ1) is 28.4. The molecule has 1 aromatic carbocycles. The van der Waals surface area contributed by atoms with Crippen molar-refractivity contribution < 1.29 is 34.2 Å². The van der Waals surface area contributed by atoms with Crippen LogP contribution in [0, 0.1) is 5.92 Å². The molecule has 4 amide bonds. The van der Waals surface area contributed by atoms with Crippen molar-refractivity contribution in [3.63, 3.8) is 0 Å². The van der Waals surface area contributed by atoms with Crippen molar-refractivity contribution in [2.45, 2.75) is 57.7 Å². The summed E-state index contributed by atoms with van der Waals surface area (Å²) < 4.78 is 0. The lowest BCUT2D eigenvalue weighted by Crippen LogP contribution is -2.54. The van der Waals surface area contributed by atoms with Crippen LogP contribution in [0.15, 0.2) is 24.3 Å². The summed E-state index contributed by atoms with van der Waals surface area (Å²) in [6.07, 6.45) is -0.0181. The van der Waals surface area contributed by atoms with E-state index in [0.29, 0.717) is 5.56 Å². The molecule has 188 valence electrons. The van der Waals surface area contributed by atoms with Crippen molar-refractivity contribution >= 4 is 29.6 Å². The molecule has 1 aromatic rings. The number of carbonyl (C=O) groups is 5. The molecule has 0 aliphatic carbocycles. The molecule has 0 radical (unpaired) electrons. The van der Waals surface area contributed by atoms with Crippen LogP contribution >= 0.6 is 0 Å². The van der Waals surface area contributed by atoms with E-state index in [0.717, 1.165) is 0 Å². The first-order valence-electron chi connectivity index (χ1n) is 10.8. The smallest absolute Gasteiger partial charge is 0.326 e. The number of aromatic hydroxyl groups is 1. The number of carboxylic acids is 1. The molecule has 0 aliphatic rings. The molecule has 0 heterocycles. The zero-order valence-corrected chi connectivity index (χ0v) is 19.2. The highest BCUT2D eigenvalue weighted by atomic mass is 16.4. The third-order valence-corrected chi connectivity index (χ3v) is 4.80. The Kier molecular flexibility index (Phi) is 11.5. The predicted octanol–water partition coefficient (Wildman–Crippen LogP) is -1.26.